The first-order chi connectivity index (χ1) is 6.23. The average Bonchev–Trinajstić information content (AvgIpc) is 2.42. The third-order valence-corrected chi connectivity index (χ3v) is 3.47. The highest BCUT2D eigenvalue weighted by Gasteiger charge is 2.94. The van der Waals surface area contributed by atoms with Gasteiger partial charge in [-0.3, -0.25) is 0 Å². The van der Waals surface area contributed by atoms with Crippen molar-refractivity contribution in [3.63, 3.8) is 0 Å². The second-order valence-corrected chi connectivity index (χ2v) is 3.83. The quantitative estimate of drug-likeness (QED) is 0.516. The van der Waals surface area contributed by atoms with Crippen molar-refractivity contribution in [3.8, 4) is 0 Å². The molecule has 2 aliphatic heterocycles. The molecule has 2 saturated heterocycles. The first-order valence-electron chi connectivity index (χ1n) is 4.36. The van der Waals surface area contributed by atoms with Crippen LogP contribution in [-0.4, -0.2) is 58.1 Å². The van der Waals surface area contributed by atoms with E-state index in [-0.39, 0.29) is 23.8 Å². The van der Waals surface area contributed by atoms with Crippen LogP contribution in [0.2, 0.25) is 0 Å². The van der Waals surface area contributed by atoms with E-state index in [1.807, 2.05) is 0 Å². The zero-order valence-corrected chi connectivity index (χ0v) is 7.65. The lowest BCUT2D eigenvalue weighted by Gasteiger charge is -2.29. The fraction of sp³-hybridized carbons (Fsp3) is 1.00. The third-order valence-electron chi connectivity index (χ3n) is 3.47. The number of hydrogen-bond donors (Lipinski definition) is 0. The number of ether oxygens (including phenoxy) is 4. The summed E-state index contributed by atoms with van der Waals surface area (Å²) < 4.78 is 21.7. The minimum absolute atomic E-state index is 0.00949. The van der Waals surface area contributed by atoms with E-state index in [0.717, 1.165) is 0 Å². The summed E-state index contributed by atoms with van der Waals surface area (Å²) in [5, 5.41) is 0. The molecule has 3 fully saturated rings. The Balaban J connectivity index is 1.93. The van der Waals surface area contributed by atoms with Crippen molar-refractivity contribution < 1.29 is 18.9 Å². The molecule has 0 N–H and O–H groups in total. The maximum Gasteiger partial charge on any atom is 0.159 e. The van der Waals surface area contributed by atoms with E-state index in [4.69, 9.17) is 26.8 Å². The topological polar surface area (TPSA) is 36.9 Å². The van der Waals surface area contributed by atoms with E-state index in [9.17, 15) is 0 Å². The maximum absolute atomic E-state index is 5.75. The first kappa shape index (κ1) is 8.23. The fourth-order valence-corrected chi connectivity index (χ4v) is 2.88. The van der Waals surface area contributed by atoms with Crippen molar-refractivity contribution in [3.05, 3.63) is 0 Å². The number of methoxy groups -OCH3 is 2. The molecule has 5 heteroatoms. The minimum Gasteiger partial charge on any atom is -0.376 e. The van der Waals surface area contributed by atoms with Crippen molar-refractivity contribution in [1.82, 2.24) is 0 Å². The van der Waals surface area contributed by atoms with Crippen LogP contribution in [0.5, 0.6) is 0 Å². The highest BCUT2D eigenvalue weighted by molar-refractivity contribution is 6.12. The molecule has 0 aromatic heterocycles. The first-order valence-corrected chi connectivity index (χ1v) is 4.36. The van der Waals surface area contributed by atoms with Crippen LogP contribution in [0, 0.1) is 0 Å². The molecule has 1 aliphatic carbocycles. The maximum atomic E-state index is 5.75. The standard InChI is InChI=1S/C8H11BO4/c1-10-4-5(9)13-7-3-12-8(4,7)6(7)11-2/h4-6H,3H2,1-2H3/t4-,5+,6?,7+,8+/m0/s1. The van der Waals surface area contributed by atoms with Gasteiger partial charge in [-0.25, -0.2) is 0 Å². The molecule has 3 aliphatic rings. The molecule has 4 nitrogen and oxygen atoms in total. The molecule has 1 saturated carbocycles. The predicted octanol–water partition coefficient (Wildman–Crippen LogP) is -0.937. The summed E-state index contributed by atoms with van der Waals surface area (Å²) >= 11 is 0. The second-order valence-electron chi connectivity index (χ2n) is 3.83. The largest absolute Gasteiger partial charge is 0.376 e. The molecule has 1 unspecified atom stereocenters. The lowest BCUT2D eigenvalue weighted by Crippen LogP contribution is -2.48. The molecule has 5 atom stereocenters. The normalized spacial score (nSPS) is 62.5. The van der Waals surface area contributed by atoms with Crippen molar-refractivity contribution in [2.75, 3.05) is 20.8 Å². The van der Waals surface area contributed by atoms with Crippen LogP contribution in [-0.2, 0) is 18.9 Å². The van der Waals surface area contributed by atoms with Crippen LogP contribution in [0.15, 0.2) is 0 Å². The molecule has 0 amide bonds. The summed E-state index contributed by atoms with van der Waals surface area (Å²) in [5.74, 6) is 0. The molecule has 3 rings (SSSR count). The smallest absolute Gasteiger partial charge is 0.159 e. The Morgan fingerprint density at radius 3 is 2.62 bits per heavy atom. The van der Waals surface area contributed by atoms with Crippen molar-refractivity contribution in [2.24, 2.45) is 0 Å². The van der Waals surface area contributed by atoms with Crippen LogP contribution in [0.3, 0.4) is 0 Å². The van der Waals surface area contributed by atoms with E-state index in [0.29, 0.717) is 6.61 Å². The van der Waals surface area contributed by atoms with Crippen molar-refractivity contribution >= 4 is 7.85 Å². The van der Waals surface area contributed by atoms with E-state index in [2.05, 4.69) is 0 Å². The predicted molar refractivity (Wildman–Crippen MR) is 43.6 cm³/mol. The van der Waals surface area contributed by atoms with Gasteiger partial charge in [-0.15, -0.1) is 0 Å². The van der Waals surface area contributed by atoms with E-state index in [1.165, 1.54) is 0 Å². The fourth-order valence-electron chi connectivity index (χ4n) is 2.88. The Kier molecular flexibility index (Phi) is 1.34. The Bertz CT molecular complexity index is 261. The Labute approximate surface area is 77.9 Å². The Morgan fingerprint density at radius 2 is 2.15 bits per heavy atom. The monoisotopic (exact) mass is 182 g/mol. The van der Waals surface area contributed by atoms with E-state index >= 15 is 0 Å². The average molecular weight is 182 g/mol. The molecular formula is C8H11BO4. The number of hydrogen-bond acceptors (Lipinski definition) is 4. The summed E-state index contributed by atoms with van der Waals surface area (Å²) in [6.45, 7) is 0.569. The van der Waals surface area contributed by atoms with Gasteiger partial charge in [-0.2, -0.15) is 0 Å². The Hall–Kier alpha value is -0.0951. The van der Waals surface area contributed by atoms with Crippen molar-refractivity contribution in [2.45, 2.75) is 29.4 Å². The van der Waals surface area contributed by atoms with Crippen LogP contribution in [0.25, 0.3) is 0 Å². The molecule has 0 bridgehead atoms. The third kappa shape index (κ3) is 0.579. The van der Waals surface area contributed by atoms with Gasteiger partial charge in [0.2, 0.25) is 0 Å². The Morgan fingerprint density at radius 1 is 1.38 bits per heavy atom. The number of rotatable bonds is 2. The van der Waals surface area contributed by atoms with Crippen LogP contribution < -0.4 is 0 Å². The van der Waals surface area contributed by atoms with E-state index < -0.39 is 5.60 Å². The van der Waals surface area contributed by atoms with Crippen LogP contribution in [0.4, 0.5) is 0 Å². The summed E-state index contributed by atoms with van der Waals surface area (Å²) in [5.41, 5.74) is -0.711. The van der Waals surface area contributed by atoms with Crippen molar-refractivity contribution in [1.29, 1.82) is 0 Å². The van der Waals surface area contributed by atoms with Crippen LogP contribution >= 0.6 is 0 Å². The molecule has 2 heterocycles. The molecule has 2 radical (unpaired) electrons. The SMILES string of the molecule is [B][C@@H]1O[C@@]23CO[C@@]2(C3OC)[C@H]1OC. The molecule has 0 aromatic rings. The molecule has 0 aromatic carbocycles. The molecule has 70 valence electrons. The second kappa shape index (κ2) is 2.11. The molecular weight excluding hydrogens is 171 g/mol. The van der Waals surface area contributed by atoms with Gasteiger partial charge in [-0.05, 0) is 0 Å². The summed E-state index contributed by atoms with van der Waals surface area (Å²) in [7, 11) is 9.03. The highest BCUT2D eigenvalue weighted by Crippen LogP contribution is 2.70. The van der Waals surface area contributed by atoms with Gasteiger partial charge in [0.1, 0.15) is 20.1 Å². The van der Waals surface area contributed by atoms with Crippen LogP contribution in [0.1, 0.15) is 0 Å². The van der Waals surface area contributed by atoms with Gasteiger partial charge < -0.3 is 18.9 Å². The highest BCUT2D eigenvalue weighted by atomic mass is 16.7. The van der Waals surface area contributed by atoms with Gasteiger partial charge >= 0.3 is 0 Å². The van der Waals surface area contributed by atoms with Gasteiger partial charge in [-0.1, -0.05) is 0 Å². The summed E-state index contributed by atoms with van der Waals surface area (Å²) in [6.07, 6.45) is -0.212. The van der Waals surface area contributed by atoms with E-state index in [1.54, 1.807) is 14.2 Å². The molecule has 0 spiro atoms. The van der Waals surface area contributed by atoms with Gasteiger partial charge in [0.25, 0.3) is 0 Å². The zero-order valence-electron chi connectivity index (χ0n) is 7.65. The van der Waals surface area contributed by atoms with Gasteiger partial charge in [0.15, 0.2) is 11.2 Å². The molecule has 13 heavy (non-hydrogen) atoms. The minimum atomic E-state index is -0.407. The summed E-state index contributed by atoms with van der Waals surface area (Å²) in [4.78, 5) is 0. The van der Waals surface area contributed by atoms with Gasteiger partial charge in [0, 0.05) is 20.2 Å². The lowest BCUT2D eigenvalue weighted by atomic mass is 9.90. The summed E-state index contributed by atoms with van der Waals surface area (Å²) in [6, 6.07) is -0.390. The lowest BCUT2D eigenvalue weighted by molar-refractivity contribution is -0.156. The van der Waals surface area contributed by atoms with Gasteiger partial charge in [0.05, 0.1) is 6.61 Å². The zero-order chi connectivity index (χ0) is 9.27.